The smallest absolute Gasteiger partial charge is 0.163 e. The Balaban J connectivity index is 1.81. The predicted molar refractivity (Wildman–Crippen MR) is 113 cm³/mol. The first kappa shape index (κ1) is 21.9. The molecule has 0 amide bonds. The normalized spacial score (nSPS) is 22.9. The molecule has 1 aliphatic rings. The molecule has 0 aliphatic heterocycles. The molecule has 0 aromatic heterocycles. The molecule has 1 unspecified atom stereocenters. The van der Waals surface area contributed by atoms with Crippen molar-refractivity contribution in [3.63, 3.8) is 0 Å². The first-order valence-electron chi connectivity index (χ1n) is 10.9. The van der Waals surface area contributed by atoms with E-state index in [4.69, 9.17) is 0 Å². The van der Waals surface area contributed by atoms with Crippen molar-refractivity contribution in [3.05, 3.63) is 34.9 Å². The molecule has 1 fully saturated rings. The second kappa shape index (κ2) is 9.66. The Morgan fingerprint density at radius 3 is 2.44 bits per heavy atom. The molecular formula is C25H38O2. The average molecular weight is 371 g/mol. The van der Waals surface area contributed by atoms with Crippen molar-refractivity contribution in [1.29, 1.82) is 0 Å². The molecule has 2 rings (SSSR count). The maximum Gasteiger partial charge on any atom is 0.163 e. The van der Waals surface area contributed by atoms with Gasteiger partial charge in [0.05, 0.1) is 0 Å². The van der Waals surface area contributed by atoms with E-state index < -0.39 is 0 Å². The number of hydrogen-bond donors (Lipinski definition) is 0. The van der Waals surface area contributed by atoms with Crippen molar-refractivity contribution in [2.75, 3.05) is 0 Å². The third-order valence-corrected chi connectivity index (χ3v) is 6.68. The number of rotatable bonds is 11. The summed E-state index contributed by atoms with van der Waals surface area (Å²) in [5, 5.41) is 0. The first-order valence-corrected chi connectivity index (χ1v) is 10.9. The fourth-order valence-corrected chi connectivity index (χ4v) is 4.67. The molecule has 0 bridgehead atoms. The highest BCUT2D eigenvalue weighted by Gasteiger charge is 2.41. The summed E-state index contributed by atoms with van der Waals surface area (Å²) in [6.07, 6.45) is 8.73. The molecule has 2 heteroatoms. The average Bonchev–Trinajstić information content (AvgIpc) is 2.58. The lowest BCUT2D eigenvalue weighted by Gasteiger charge is -2.44. The van der Waals surface area contributed by atoms with E-state index >= 15 is 0 Å². The van der Waals surface area contributed by atoms with Crippen LogP contribution in [0.15, 0.2) is 18.2 Å². The van der Waals surface area contributed by atoms with Gasteiger partial charge >= 0.3 is 0 Å². The van der Waals surface area contributed by atoms with Gasteiger partial charge < -0.3 is 0 Å². The van der Waals surface area contributed by atoms with Gasteiger partial charge in [0.25, 0.3) is 0 Å². The summed E-state index contributed by atoms with van der Waals surface area (Å²) >= 11 is 0. The molecule has 1 aromatic rings. The molecule has 1 atom stereocenters. The summed E-state index contributed by atoms with van der Waals surface area (Å²) < 4.78 is 0. The second-order valence-corrected chi connectivity index (χ2v) is 9.23. The van der Waals surface area contributed by atoms with Crippen molar-refractivity contribution < 1.29 is 9.59 Å². The number of ketones is 2. The monoisotopic (exact) mass is 370 g/mol. The molecule has 1 aromatic carbocycles. The zero-order chi connectivity index (χ0) is 20.0. The number of benzene rings is 1. The van der Waals surface area contributed by atoms with E-state index in [-0.39, 0.29) is 5.78 Å². The van der Waals surface area contributed by atoms with Crippen LogP contribution in [0.1, 0.15) is 100 Å². The summed E-state index contributed by atoms with van der Waals surface area (Å²) in [5.74, 6) is 1.42. The number of hydrogen-bond acceptors (Lipinski definition) is 2. The van der Waals surface area contributed by atoms with Crippen LogP contribution in [-0.2, 0) is 4.79 Å². The van der Waals surface area contributed by atoms with Crippen molar-refractivity contribution in [2.45, 2.75) is 92.4 Å². The van der Waals surface area contributed by atoms with Crippen LogP contribution in [0.5, 0.6) is 0 Å². The van der Waals surface area contributed by atoms with Gasteiger partial charge in [-0.15, -0.1) is 0 Å². The van der Waals surface area contributed by atoms with Crippen molar-refractivity contribution in [2.24, 2.45) is 17.3 Å². The van der Waals surface area contributed by atoms with E-state index in [0.29, 0.717) is 35.9 Å². The fourth-order valence-electron chi connectivity index (χ4n) is 4.67. The lowest BCUT2D eigenvalue weighted by molar-refractivity contribution is -0.130. The maximum atomic E-state index is 12.8. The standard InChI is InChI=1S/C25H38O2/c1-6-9-20(15-24(27)22-13-12-18(3)14-19(22)4)10-8-11-23(26)21-16-25(5,7-2)17-21/h12-14,20-21H,6-11,15-17H2,1-5H3. The summed E-state index contributed by atoms with van der Waals surface area (Å²) in [5.41, 5.74) is 3.55. The zero-order valence-electron chi connectivity index (χ0n) is 18.1. The minimum absolute atomic E-state index is 0.259. The first-order chi connectivity index (χ1) is 12.8. The molecule has 0 heterocycles. The van der Waals surface area contributed by atoms with Crippen molar-refractivity contribution in [1.82, 2.24) is 0 Å². The Hall–Kier alpha value is -1.44. The van der Waals surface area contributed by atoms with Gasteiger partial charge in [-0.2, -0.15) is 0 Å². The van der Waals surface area contributed by atoms with Crippen LogP contribution in [-0.4, -0.2) is 11.6 Å². The summed E-state index contributed by atoms with van der Waals surface area (Å²) in [6.45, 7) is 10.8. The van der Waals surface area contributed by atoms with Crippen LogP contribution in [0.3, 0.4) is 0 Å². The molecule has 150 valence electrons. The highest BCUT2D eigenvalue weighted by atomic mass is 16.1. The van der Waals surface area contributed by atoms with Crippen LogP contribution in [0, 0.1) is 31.1 Å². The molecule has 0 spiro atoms. The van der Waals surface area contributed by atoms with Gasteiger partial charge in [0.15, 0.2) is 5.78 Å². The number of aryl methyl sites for hydroxylation is 2. The SMILES string of the molecule is CCCC(CCCC(=O)C1CC(C)(CC)C1)CC(=O)c1ccc(C)cc1C. The largest absolute Gasteiger partial charge is 0.299 e. The third kappa shape index (κ3) is 6.02. The van der Waals surface area contributed by atoms with E-state index in [2.05, 4.69) is 33.8 Å². The minimum atomic E-state index is 0.259. The van der Waals surface area contributed by atoms with Crippen LogP contribution in [0.25, 0.3) is 0 Å². The zero-order valence-corrected chi connectivity index (χ0v) is 18.1. The second-order valence-electron chi connectivity index (χ2n) is 9.23. The topological polar surface area (TPSA) is 34.1 Å². The van der Waals surface area contributed by atoms with Gasteiger partial charge in [-0.05, 0) is 56.4 Å². The van der Waals surface area contributed by atoms with Crippen molar-refractivity contribution >= 4 is 11.6 Å². The molecule has 1 saturated carbocycles. The molecule has 0 radical (unpaired) electrons. The van der Waals surface area contributed by atoms with Gasteiger partial charge in [0.1, 0.15) is 5.78 Å². The quantitative estimate of drug-likeness (QED) is 0.399. The summed E-state index contributed by atoms with van der Waals surface area (Å²) in [4.78, 5) is 25.2. The van der Waals surface area contributed by atoms with Crippen LogP contribution in [0.2, 0.25) is 0 Å². The van der Waals surface area contributed by atoms with E-state index in [1.54, 1.807) is 0 Å². The predicted octanol–water partition coefficient (Wildman–Crippen LogP) is 6.86. The molecule has 0 saturated heterocycles. The number of Topliss-reactive ketones (excluding diaryl/α,β-unsaturated/α-hetero) is 2. The molecule has 0 N–H and O–H groups in total. The minimum Gasteiger partial charge on any atom is -0.299 e. The summed E-state index contributed by atoms with van der Waals surface area (Å²) in [6, 6.07) is 6.08. The summed E-state index contributed by atoms with van der Waals surface area (Å²) in [7, 11) is 0. The van der Waals surface area contributed by atoms with E-state index in [1.807, 2.05) is 19.1 Å². The Morgan fingerprint density at radius 2 is 1.85 bits per heavy atom. The van der Waals surface area contributed by atoms with Gasteiger partial charge in [-0.1, -0.05) is 63.8 Å². The van der Waals surface area contributed by atoms with Gasteiger partial charge in [0.2, 0.25) is 0 Å². The Morgan fingerprint density at radius 1 is 1.15 bits per heavy atom. The van der Waals surface area contributed by atoms with E-state index in [1.165, 1.54) is 12.0 Å². The van der Waals surface area contributed by atoms with Crippen LogP contribution >= 0.6 is 0 Å². The molecular weight excluding hydrogens is 332 g/mol. The Kier molecular flexibility index (Phi) is 7.82. The van der Waals surface area contributed by atoms with Gasteiger partial charge in [-0.3, -0.25) is 9.59 Å². The fraction of sp³-hybridized carbons (Fsp3) is 0.680. The Labute approximate surface area is 166 Å². The van der Waals surface area contributed by atoms with Crippen molar-refractivity contribution in [3.8, 4) is 0 Å². The van der Waals surface area contributed by atoms with E-state index in [9.17, 15) is 9.59 Å². The van der Waals surface area contributed by atoms with E-state index in [0.717, 1.165) is 49.7 Å². The molecule has 27 heavy (non-hydrogen) atoms. The third-order valence-electron chi connectivity index (χ3n) is 6.68. The molecule has 2 nitrogen and oxygen atoms in total. The highest BCUT2D eigenvalue weighted by molar-refractivity contribution is 5.97. The highest BCUT2D eigenvalue weighted by Crippen LogP contribution is 2.48. The number of carbonyl (C=O) groups excluding carboxylic acids is 2. The molecule has 1 aliphatic carbocycles. The lowest BCUT2D eigenvalue weighted by atomic mass is 9.60. The van der Waals surface area contributed by atoms with Gasteiger partial charge in [0, 0.05) is 24.3 Å². The lowest BCUT2D eigenvalue weighted by Crippen LogP contribution is -2.38. The van der Waals surface area contributed by atoms with Crippen LogP contribution < -0.4 is 0 Å². The Bertz CT molecular complexity index is 652. The van der Waals surface area contributed by atoms with Gasteiger partial charge in [-0.25, -0.2) is 0 Å². The van der Waals surface area contributed by atoms with Crippen LogP contribution in [0.4, 0.5) is 0 Å². The number of carbonyl (C=O) groups is 2. The maximum absolute atomic E-state index is 12.8.